The highest BCUT2D eigenvalue weighted by atomic mass is 16.5. The second kappa shape index (κ2) is 10.2. The minimum Gasteiger partial charge on any atom is -0.381 e. The summed E-state index contributed by atoms with van der Waals surface area (Å²) in [6.07, 6.45) is 4.78. The van der Waals surface area contributed by atoms with E-state index in [4.69, 9.17) is 4.74 Å². The summed E-state index contributed by atoms with van der Waals surface area (Å²) in [6, 6.07) is 8.97. The molecule has 28 heavy (non-hydrogen) atoms. The van der Waals surface area contributed by atoms with Gasteiger partial charge < -0.3 is 20.3 Å². The molecule has 2 fully saturated rings. The first-order valence-electron chi connectivity index (χ1n) is 10.6. The predicted molar refractivity (Wildman–Crippen MR) is 116 cm³/mol. The Labute approximate surface area is 170 Å². The Bertz CT molecular complexity index is 616. The maximum atomic E-state index is 5.56. The number of aliphatic imine (C=N–C) groups is 1. The van der Waals surface area contributed by atoms with Crippen molar-refractivity contribution in [2.24, 2.45) is 4.99 Å². The highest BCUT2D eigenvalue weighted by molar-refractivity contribution is 5.79. The van der Waals surface area contributed by atoms with Gasteiger partial charge in [0, 0.05) is 45.4 Å². The molecule has 0 atom stereocenters. The molecule has 0 aromatic heterocycles. The van der Waals surface area contributed by atoms with Gasteiger partial charge in [-0.2, -0.15) is 0 Å². The summed E-state index contributed by atoms with van der Waals surface area (Å²) in [5.41, 5.74) is 2.81. The van der Waals surface area contributed by atoms with Crippen LogP contribution in [0, 0.1) is 0 Å². The smallest absolute Gasteiger partial charge is 0.191 e. The molecular weight excluding hydrogens is 350 g/mol. The zero-order chi connectivity index (χ0) is 19.8. The van der Waals surface area contributed by atoms with Crippen LogP contribution in [0.4, 0.5) is 0 Å². The highest BCUT2D eigenvalue weighted by Gasteiger charge is 2.34. The molecule has 3 rings (SSSR count). The van der Waals surface area contributed by atoms with Crippen molar-refractivity contribution < 1.29 is 4.74 Å². The Morgan fingerprint density at radius 1 is 1.07 bits per heavy atom. The SMILES string of the molecule is CN=C(NCc1ccc(CN2CCCC2)cc1)NCC1(N(C)C)CCOCC1. The number of likely N-dealkylation sites (N-methyl/N-ethyl adjacent to an activating group) is 1. The van der Waals surface area contributed by atoms with Crippen LogP contribution in [0.2, 0.25) is 0 Å². The van der Waals surface area contributed by atoms with Crippen LogP contribution in [0.25, 0.3) is 0 Å². The van der Waals surface area contributed by atoms with E-state index in [0.29, 0.717) is 0 Å². The highest BCUT2D eigenvalue weighted by Crippen LogP contribution is 2.25. The first-order chi connectivity index (χ1) is 13.6. The molecule has 2 N–H and O–H groups in total. The Morgan fingerprint density at radius 2 is 1.71 bits per heavy atom. The number of benzene rings is 1. The lowest BCUT2D eigenvalue weighted by atomic mass is 9.88. The maximum Gasteiger partial charge on any atom is 0.191 e. The van der Waals surface area contributed by atoms with Gasteiger partial charge in [-0.1, -0.05) is 24.3 Å². The average molecular weight is 388 g/mol. The third-order valence-electron chi connectivity index (χ3n) is 6.27. The van der Waals surface area contributed by atoms with E-state index < -0.39 is 0 Å². The number of hydrogen-bond donors (Lipinski definition) is 2. The van der Waals surface area contributed by atoms with Crippen molar-refractivity contribution in [1.82, 2.24) is 20.4 Å². The Morgan fingerprint density at radius 3 is 2.32 bits per heavy atom. The monoisotopic (exact) mass is 387 g/mol. The van der Waals surface area contributed by atoms with E-state index in [1.54, 1.807) is 0 Å². The number of nitrogens with zero attached hydrogens (tertiary/aromatic N) is 3. The van der Waals surface area contributed by atoms with Crippen LogP contribution in [0.15, 0.2) is 29.3 Å². The predicted octanol–water partition coefficient (Wildman–Crippen LogP) is 2.06. The van der Waals surface area contributed by atoms with Gasteiger partial charge in [-0.05, 0) is 64.0 Å². The zero-order valence-electron chi connectivity index (χ0n) is 17.8. The van der Waals surface area contributed by atoms with Crippen molar-refractivity contribution in [3.05, 3.63) is 35.4 Å². The summed E-state index contributed by atoms with van der Waals surface area (Å²) in [7, 11) is 6.15. The van der Waals surface area contributed by atoms with E-state index in [2.05, 4.69) is 63.8 Å². The fraction of sp³-hybridized carbons (Fsp3) is 0.682. The summed E-state index contributed by atoms with van der Waals surface area (Å²) in [4.78, 5) is 9.27. The molecular formula is C22H37N5O. The van der Waals surface area contributed by atoms with E-state index >= 15 is 0 Å². The van der Waals surface area contributed by atoms with Crippen molar-refractivity contribution in [3.63, 3.8) is 0 Å². The quantitative estimate of drug-likeness (QED) is 0.554. The van der Waals surface area contributed by atoms with Crippen molar-refractivity contribution >= 4 is 5.96 Å². The third kappa shape index (κ3) is 5.69. The van der Waals surface area contributed by atoms with Gasteiger partial charge in [0.25, 0.3) is 0 Å². The van der Waals surface area contributed by atoms with Gasteiger partial charge >= 0.3 is 0 Å². The molecule has 6 nitrogen and oxygen atoms in total. The van der Waals surface area contributed by atoms with Crippen molar-refractivity contribution in [2.45, 2.75) is 44.3 Å². The largest absolute Gasteiger partial charge is 0.381 e. The molecule has 0 amide bonds. The molecule has 0 radical (unpaired) electrons. The van der Waals surface area contributed by atoms with E-state index in [1.807, 2.05) is 7.05 Å². The van der Waals surface area contributed by atoms with Crippen LogP contribution in [-0.4, -0.2) is 75.3 Å². The number of hydrogen-bond acceptors (Lipinski definition) is 4. The van der Waals surface area contributed by atoms with E-state index in [-0.39, 0.29) is 5.54 Å². The van der Waals surface area contributed by atoms with Gasteiger partial charge in [0.15, 0.2) is 5.96 Å². The summed E-state index contributed by atoms with van der Waals surface area (Å²) in [5.74, 6) is 0.855. The lowest BCUT2D eigenvalue weighted by Crippen LogP contribution is -2.57. The van der Waals surface area contributed by atoms with Crippen molar-refractivity contribution in [2.75, 3.05) is 54.0 Å². The van der Waals surface area contributed by atoms with Crippen LogP contribution in [0.5, 0.6) is 0 Å². The van der Waals surface area contributed by atoms with Gasteiger partial charge in [0.2, 0.25) is 0 Å². The lowest BCUT2D eigenvalue weighted by Gasteiger charge is -2.43. The van der Waals surface area contributed by atoms with Gasteiger partial charge in [0.05, 0.1) is 0 Å². The standard InChI is InChI=1S/C22H37N5O/c1-23-21(25-18-22(26(2)3)10-14-28-15-11-22)24-16-19-6-8-20(9-7-19)17-27-12-4-5-13-27/h6-9H,4-5,10-18H2,1-3H3,(H2,23,24,25). The molecule has 1 aromatic rings. The minimum atomic E-state index is 0.132. The zero-order valence-corrected chi connectivity index (χ0v) is 17.8. The summed E-state index contributed by atoms with van der Waals surface area (Å²) in [5, 5.41) is 6.98. The van der Waals surface area contributed by atoms with Crippen molar-refractivity contribution in [1.29, 1.82) is 0 Å². The first kappa shape index (κ1) is 21.1. The van der Waals surface area contributed by atoms with Gasteiger partial charge in [-0.15, -0.1) is 0 Å². The molecule has 6 heteroatoms. The van der Waals surface area contributed by atoms with Crippen LogP contribution < -0.4 is 10.6 Å². The third-order valence-corrected chi connectivity index (χ3v) is 6.27. The number of likely N-dealkylation sites (tertiary alicyclic amines) is 1. The number of rotatable bonds is 7. The van der Waals surface area contributed by atoms with Gasteiger partial charge in [-0.3, -0.25) is 9.89 Å². The molecule has 0 saturated carbocycles. The molecule has 2 heterocycles. The van der Waals surface area contributed by atoms with E-state index in [9.17, 15) is 0 Å². The van der Waals surface area contributed by atoms with Crippen LogP contribution in [0.1, 0.15) is 36.8 Å². The van der Waals surface area contributed by atoms with E-state index in [1.165, 1.54) is 37.1 Å². The summed E-state index contributed by atoms with van der Waals surface area (Å²) < 4.78 is 5.56. The molecule has 156 valence electrons. The molecule has 1 aromatic carbocycles. The fourth-order valence-corrected chi connectivity index (χ4v) is 4.15. The Kier molecular flexibility index (Phi) is 7.71. The molecule has 0 aliphatic carbocycles. The van der Waals surface area contributed by atoms with E-state index in [0.717, 1.165) is 51.6 Å². The van der Waals surface area contributed by atoms with Crippen LogP contribution in [-0.2, 0) is 17.8 Å². The minimum absolute atomic E-state index is 0.132. The van der Waals surface area contributed by atoms with Gasteiger partial charge in [0.1, 0.15) is 0 Å². The molecule has 0 spiro atoms. The first-order valence-corrected chi connectivity index (χ1v) is 10.6. The number of nitrogens with one attached hydrogen (secondary N) is 2. The molecule has 2 aliphatic heterocycles. The number of guanidine groups is 1. The normalized spacial score (nSPS) is 20.5. The van der Waals surface area contributed by atoms with Crippen molar-refractivity contribution in [3.8, 4) is 0 Å². The fourth-order valence-electron chi connectivity index (χ4n) is 4.15. The van der Waals surface area contributed by atoms with Gasteiger partial charge in [-0.25, -0.2) is 0 Å². The molecule has 2 saturated heterocycles. The molecule has 0 unspecified atom stereocenters. The number of ether oxygens (including phenoxy) is 1. The second-order valence-corrected chi connectivity index (χ2v) is 8.31. The Hall–Kier alpha value is -1.63. The van der Waals surface area contributed by atoms with Crippen LogP contribution >= 0.6 is 0 Å². The Balaban J connectivity index is 1.47. The molecule has 0 bridgehead atoms. The maximum absolute atomic E-state index is 5.56. The average Bonchev–Trinajstić information content (AvgIpc) is 3.23. The summed E-state index contributed by atoms with van der Waals surface area (Å²) in [6.45, 7) is 6.87. The molecule has 2 aliphatic rings. The van der Waals surface area contributed by atoms with Crippen LogP contribution in [0.3, 0.4) is 0 Å². The summed E-state index contributed by atoms with van der Waals surface area (Å²) >= 11 is 0. The topological polar surface area (TPSA) is 52.1 Å². The lowest BCUT2D eigenvalue weighted by molar-refractivity contribution is -0.00501. The second-order valence-electron chi connectivity index (χ2n) is 8.31.